The van der Waals surface area contributed by atoms with Gasteiger partial charge in [-0.3, -0.25) is 4.98 Å². The van der Waals surface area contributed by atoms with Crippen molar-refractivity contribution in [1.82, 2.24) is 9.97 Å². The molecule has 0 radical (unpaired) electrons. The van der Waals surface area contributed by atoms with Crippen LogP contribution in [0.3, 0.4) is 0 Å². The van der Waals surface area contributed by atoms with E-state index in [2.05, 4.69) is 28.7 Å². The number of hydrogen-bond acceptors (Lipinski definition) is 5. The number of nitrogens with zero attached hydrogens (tertiary/aromatic N) is 3. The first-order valence-electron chi connectivity index (χ1n) is 7.28. The number of hydrogen-bond donors (Lipinski definition) is 0. The van der Waals surface area contributed by atoms with Crippen LogP contribution in [-0.4, -0.2) is 35.6 Å². The minimum absolute atomic E-state index is 0.275. The van der Waals surface area contributed by atoms with Crippen LogP contribution >= 0.6 is 0 Å². The molecular weight excluding hydrogens is 254 g/mol. The zero-order valence-electron chi connectivity index (χ0n) is 12.5. The van der Waals surface area contributed by atoms with Gasteiger partial charge in [-0.05, 0) is 18.8 Å². The van der Waals surface area contributed by atoms with Crippen LogP contribution in [0.2, 0.25) is 0 Å². The van der Waals surface area contributed by atoms with Gasteiger partial charge in [-0.1, -0.05) is 26.7 Å². The normalized spacial score (nSPS) is 15.6. The summed E-state index contributed by atoms with van der Waals surface area (Å²) < 4.78 is 4.72. The number of esters is 1. The summed E-state index contributed by atoms with van der Waals surface area (Å²) in [6.45, 7) is 5.32. The molecule has 0 unspecified atom stereocenters. The van der Waals surface area contributed by atoms with E-state index in [9.17, 15) is 4.79 Å². The Morgan fingerprint density at radius 3 is 2.70 bits per heavy atom. The molecule has 1 heterocycles. The van der Waals surface area contributed by atoms with Crippen molar-refractivity contribution >= 4 is 11.8 Å². The first kappa shape index (κ1) is 14.8. The van der Waals surface area contributed by atoms with E-state index in [-0.39, 0.29) is 5.69 Å². The second-order valence-electron chi connectivity index (χ2n) is 5.74. The Hall–Kier alpha value is -1.65. The molecule has 0 spiro atoms. The second kappa shape index (κ2) is 6.68. The van der Waals surface area contributed by atoms with Gasteiger partial charge in [0.25, 0.3) is 0 Å². The Morgan fingerprint density at radius 1 is 1.40 bits per heavy atom. The zero-order chi connectivity index (χ0) is 14.5. The predicted octanol–water partition coefficient (Wildman–Crippen LogP) is 2.67. The van der Waals surface area contributed by atoms with Gasteiger partial charge < -0.3 is 9.64 Å². The van der Waals surface area contributed by atoms with Gasteiger partial charge in [0, 0.05) is 12.6 Å². The highest BCUT2D eigenvalue weighted by atomic mass is 16.5. The van der Waals surface area contributed by atoms with Crippen molar-refractivity contribution in [2.75, 3.05) is 18.6 Å². The third-order valence-corrected chi connectivity index (χ3v) is 3.64. The van der Waals surface area contributed by atoms with Crippen LogP contribution in [0.25, 0.3) is 0 Å². The summed E-state index contributed by atoms with van der Waals surface area (Å²) in [4.78, 5) is 22.5. The monoisotopic (exact) mass is 277 g/mol. The average Bonchev–Trinajstić information content (AvgIpc) is 2.97. The maximum Gasteiger partial charge on any atom is 0.358 e. The molecule has 0 aromatic carbocycles. The van der Waals surface area contributed by atoms with Crippen LogP contribution in [0.4, 0.5) is 5.82 Å². The molecule has 5 nitrogen and oxygen atoms in total. The van der Waals surface area contributed by atoms with Gasteiger partial charge in [0.15, 0.2) is 5.69 Å². The van der Waals surface area contributed by atoms with E-state index in [1.54, 1.807) is 6.20 Å². The third-order valence-electron chi connectivity index (χ3n) is 3.64. The largest absolute Gasteiger partial charge is 0.464 e. The molecule has 110 valence electrons. The average molecular weight is 277 g/mol. The second-order valence-corrected chi connectivity index (χ2v) is 5.74. The summed E-state index contributed by atoms with van der Waals surface area (Å²) in [5.41, 5.74) is 0.275. The minimum Gasteiger partial charge on any atom is -0.464 e. The van der Waals surface area contributed by atoms with Crippen molar-refractivity contribution < 1.29 is 9.53 Å². The fraction of sp³-hybridized carbons (Fsp3) is 0.667. The van der Waals surface area contributed by atoms with E-state index in [1.807, 2.05) is 0 Å². The van der Waals surface area contributed by atoms with Crippen LogP contribution in [0.15, 0.2) is 12.4 Å². The molecule has 1 saturated carbocycles. The molecule has 5 heteroatoms. The molecule has 2 rings (SSSR count). The molecule has 0 atom stereocenters. The molecule has 20 heavy (non-hydrogen) atoms. The molecule has 1 aromatic rings. The summed E-state index contributed by atoms with van der Waals surface area (Å²) in [5, 5.41) is 0. The Kier molecular flexibility index (Phi) is 4.93. The van der Waals surface area contributed by atoms with Crippen LogP contribution in [0, 0.1) is 5.92 Å². The van der Waals surface area contributed by atoms with Crippen molar-refractivity contribution in [3.8, 4) is 0 Å². The lowest BCUT2D eigenvalue weighted by molar-refractivity contribution is 0.0593. The Morgan fingerprint density at radius 2 is 2.10 bits per heavy atom. The topological polar surface area (TPSA) is 55.3 Å². The molecule has 1 fully saturated rings. The van der Waals surface area contributed by atoms with Gasteiger partial charge in [-0.25, -0.2) is 9.78 Å². The number of anilines is 1. The van der Waals surface area contributed by atoms with E-state index in [0.717, 1.165) is 12.4 Å². The van der Waals surface area contributed by atoms with Crippen LogP contribution in [-0.2, 0) is 4.74 Å². The summed E-state index contributed by atoms with van der Waals surface area (Å²) in [6.07, 6.45) is 8.12. The van der Waals surface area contributed by atoms with Gasteiger partial charge in [0.05, 0.1) is 19.5 Å². The Balaban J connectivity index is 2.25. The highest BCUT2D eigenvalue weighted by Crippen LogP contribution is 2.27. The number of carbonyl (C=O) groups is 1. The zero-order valence-corrected chi connectivity index (χ0v) is 12.5. The van der Waals surface area contributed by atoms with Crippen molar-refractivity contribution in [2.45, 2.75) is 45.6 Å². The van der Waals surface area contributed by atoms with E-state index < -0.39 is 5.97 Å². The van der Waals surface area contributed by atoms with E-state index >= 15 is 0 Å². The van der Waals surface area contributed by atoms with Gasteiger partial charge in [0.2, 0.25) is 0 Å². The first-order valence-corrected chi connectivity index (χ1v) is 7.28. The first-order chi connectivity index (χ1) is 9.61. The number of ether oxygens (including phenoxy) is 1. The van der Waals surface area contributed by atoms with Gasteiger partial charge in [0.1, 0.15) is 5.82 Å². The molecule has 0 bridgehead atoms. The third kappa shape index (κ3) is 3.46. The maximum absolute atomic E-state index is 11.6. The van der Waals surface area contributed by atoms with Crippen molar-refractivity contribution in [3.63, 3.8) is 0 Å². The number of rotatable bonds is 5. The van der Waals surface area contributed by atoms with E-state index in [1.165, 1.54) is 39.0 Å². The standard InChI is InChI=1S/C15H23N3O2/c1-11(2)10-18(12-6-4-5-7-12)14-9-16-8-13(17-14)15(19)20-3/h8-9,11-12H,4-7,10H2,1-3H3. The fourth-order valence-corrected chi connectivity index (χ4v) is 2.74. The minimum atomic E-state index is -0.435. The molecule has 0 saturated heterocycles. The number of carbonyl (C=O) groups excluding carboxylic acids is 1. The highest BCUT2D eigenvalue weighted by Gasteiger charge is 2.25. The smallest absolute Gasteiger partial charge is 0.358 e. The number of aromatic nitrogens is 2. The van der Waals surface area contributed by atoms with Gasteiger partial charge in [-0.15, -0.1) is 0 Å². The maximum atomic E-state index is 11.6. The summed E-state index contributed by atoms with van der Waals surface area (Å²) >= 11 is 0. The summed E-state index contributed by atoms with van der Waals surface area (Å²) in [6, 6.07) is 0.514. The van der Waals surface area contributed by atoms with Gasteiger partial charge in [-0.2, -0.15) is 0 Å². The Labute approximate surface area is 120 Å². The Bertz CT molecular complexity index is 456. The van der Waals surface area contributed by atoms with Crippen molar-refractivity contribution in [1.29, 1.82) is 0 Å². The van der Waals surface area contributed by atoms with Crippen LogP contribution in [0.5, 0.6) is 0 Å². The molecule has 1 aliphatic carbocycles. The summed E-state index contributed by atoms with van der Waals surface area (Å²) in [5.74, 6) is 0.892. The lowest BCUT2D eigenvalue weighted by Crippen LogP contribution is -2.37. The molecule has 0 N–H and O–H groups in total. The number of methoxy groups -OCH3 is 1. The highest BCUT2D eigenvalue weighted by molar-refractivity contribution is 5.87. The predicted molar refractivity (Wildman–Crippen MR) is 77.8 cm³/mol. The van der Waals surface area contributed by atoms with Crippen LogP contribution < -0.4 is 4.90 Å². The fourth-order valence-electron chi connectivity index (χ4n) is 2.74. The van der Waals surface area contributed by atoms with Crippen LogP contribution in [0.1, 0.15) is 50.0 Å². The lowest BCUT2D eigenvalue weighted by atomic mass is 10.1. The van der Waals surface area contributed by atoms with Gasteiger partial charge >= 0.3 is 5.97 Å². The SMILES string of the molecule is COC(=O)c1cncc(N(CC(C)C)C2CCCC2)n1. The molecule has 0 aliphatic heterocycles. The molecule has 1 aromatic heterocycles. The van der Waals surface area contributed by atoms with E-state index in [0.29, 0.717) is 12.0 Å². The van der Waals surface area contributed by atoms with Crippen molar-refractivity contribution in [2.24, 2.45) is 5.92 Å². The molecule has 1 aliphatic rings. The lowest BCUT2D eigenvalue weighted by Gasteiger charge is -2.31. The summed E-state index contributed by atoms with van der Waals surface area (Å²) in [7, 11) is 1.36. The van der Waals surface area contributed by atoms with Crippen molar-refractivity contribution in [3.05, 3.63) is 18.1 Å². The molecular formula is C15H23N3O2. The quantitative estimate of drug-likeness (QED) is 0.774. The molecule has 0 amide bonds. The van der Waals surface area contributed by atoms with E-state index in [4.69, 9.17) is 4.74 Å².